The molecule has 0 aromatic rings. The second-order valence-corrected chi connectivity index (χ2v) is 5.19. The lowest BCUT2D eigenvalue weighted by Crippen LogP contribution is -2.54. The van der Waals surface area contributed by atoms with Crippen molar-refractivity contribution >= 4 is 5.97 Å². The summed E-state index contributed by atoms with van der Waals surface area (Å²) in [5.41, 5.74) is 0. The highest BCUT2D eigenvalue weighted by atomic mass is 16.5. The zero-order valence-corrected chi connectivity index (χ0v) is 11.2. The van der Waals surface area contributed by atoms with Gasteiger partial charge in [0.1, 0.15) is 6.04 Å². The van der Waals surface area contributed by atoms with E-state index in [2.05, 4.69) is 16.7 Å². The maximum Gasteiger partial charge on any atom is 0.323 e. The van der Waals surface area contributed by atoms with Crippen molar-refractivity contribution in [3.05, 3.63) is 0 Å². The Morgan fingerprint density at radius 3 is 2.89 bits per heavy atom. The fourth-order valence-electron chi connectivity index (χ4n) is 3.05. The predicted octanol–water partition coefficient (Wildman–Crippen LogP) is 0.646. The molecule has 0 aromatic carbocycles. The van der Waals surface area contributed by atoms with E-state index in [0.717, 1.165) is 39.0 Å². The van der Waals surface area contributed by atoms with Crippen molar-refractivity contribution < 1.29 is 14.6 Å². The van der Waals surface area contributed by atoms with E-state index in [0.29, 0.717) is 19.3 Å². The maximum atomic E-state index is 11.3. The Hall–Kier alpha value is -0.650. The van der Waals surface area contributed by atoms with Crippen LogP contribution in [0.5, 0.6) is 0 Å². The molecule has 2 rings (SSSR count). The van der Waals surface area contributed by atoms with Crippen LogP contribution in [0.4, 0.5) is 0 Å². The van der Waals surface area contributed by atoms with Gasteiger partial charge in [-0.25, -0.2) is 0 Å². The third-order valence-electron chi connectivity index (χ3n) is 4.16. The van der Waals surface area contributed by atoms with Gasteiger partial charge in [-0.2, -0.15) is 0 Å². The number of nitrogens with zero attached hydrogens (tertiary/aromatic N) is 2. The van der Waals surface area contributed by atoms with Gasteiger partial charge < -0.3 is 14.7 Å². The lowest BCUT2D eigenvalue weighted by Gasteiger charge is -2.38. The summed E-state index contributed by atoms with van der Waals surface area (Å²) in [5.74, 6) is -0.744. The predicted molar refractivity (Wildman–Crippen MR) is 68.7 cm³/mol. The zero-order valence-electron chi connectivity index (χ0n) is 11.2. The summed E-state index contributed by atoms with van der Waals surface area (Å²) < 4.78 is 5.31. The average Bonchev–Trinajstić information content (AvgIpc) is 2.63. The third kappa shape index (κ3) is 3.22. The summed E-state index contributed by atoms with van der Waals surface area (Å²) in [6, 6.07) is -0.0384. The molecule has 1 N–H and O–H groups in total. The molecule has 2 fully saturated rings. The highest BCUT2D eigenvalue weighted by molar-refractivity contribution is 5.73. The van der Waals surface area contributed by atoms with Crippen molar-refractivity contribution in [2.45, 2.75) is 38.3 Å². The van der Waals surface area contributed by atoms with Gasteiger partial charge in [0.25, 0.3) is 0 Å². The number of carboxylic acid groups (broad SMARTS) is 1. The Bertz CT molecular complexity index is 285. The second kappa shape index (κ2) is 6.50. The van der Waals surface area contributed by atoms with Crippen molar-refractivity contribution in [3.63, 3.8) is 0 Å². The van der Waals surface area contributed by atoms with Gasteiger partial charge >= 0.3 is 5.97 Å². The SMILES string of the molecule is CCN1CCCC(N2CCOCC2C(=O)O)CC1. The van der Waals surface area contributed by atoms with Crippen LogP contribution in [0.15, 0.2) is 0 Å². The summed E-state index contributed by atoms with van der Waals surface area (Å²) >= 11 is 0. The molecule has 2 unspecified atom stereocenters. The van der Waals surface area contributed by atoms with Crippen LogP contribution in [0.3, 0.4) is 0 Å². The molecule has 5 nitrogen and oxygen atoms in total. The number of likely N-dealkylation sites (tertiary alicyclic amines) is 1. The number of hydrogen-bond acceptors (Lipinski definition) is 4. The zero-order chi connectivity index (χ0) is 13.0. The van der Waals surface area contributed by atoms with Crippen molar-refractivity contribution in [1.29, 1.82) is 0 Å². The van der Waals surface area contributed by atoms with E-state index < -0.39 is 12.0 Å². The Kier molecular flexibility index (Phi) is 4.97. The summed E-state index contributed by atoms with van der Waals surface area (Å²) in [6.07, 6.45) is 3.36. The van der Waals surface area contributed by atoms with Gasteiger partial charge in [0.2, 0.25) is 0 Å². The first kappa shape index (κ1) is 13.8. The van der Waals surface area contributed by atoms with E-state index in [1.165, 1.54) is 6.42 Å². The molecule has 0 radical (unpaired) electrons. The first-order valence-electron chi connectivity index (χ1n) is 7.01. The topological polar surface area (TPSA) is 53.0 Å². The highest BCUT2D eigenvalue weighted by Gasteiger charge is 2.34. The molecule has 0 bridgehead atoms. The number of carboxylic acids is 1. The molecule has 2 saturated heterocycles. The van der Waals surface area contributed by atoms with E-state index in [-0.39, 0.29) is 0 Å². The Morgan fingerprint density at radius 1 is 1.33 bits per heavy atom. The molecule has 2 aliphatic rings. The van der Waals surface area contributed by atoms with E-state index >= 15 is 0 Å². The Balaban J connectivity index is 1.97. The molecular formula is C13H24N2O3. The summed E-state index contributed by atoms with van der Waals surface area (Å²) in [7, 11) is 0. The Labute approximate surface area is 109 Å². The van der Waals surface area contributed by atoms with E-state index in [4.69, 9.17) is 4.74 Å². The minimum absolute atomic E-state index is 0.337. The van der Waals surface area contributed by atoms with Crippen LogP contribution >= 0.6 is 0 Å². The molecule has 0 aliphatic carbocycles. The van der Waals surface area contributed by atoms with Crippen LogP contribution < -0.4 is 0 Å². The maximum absolute atomic E-state index is 11.3. The molecule has 18 heavy (non-hydrogen) atoms. The van der Waals surface area contributed by atoms with Gasteiger partial charge in [-0.1, -0.05) is 6.92 Å². The second-order valence-electron chi connectivity index (χ2n) is 5.19. The number of hydrogen-bond donors (Lipinski definition) is 1. The molecule has 2 aliphatic heterocycles. The number of morpholine rings is 1. The van der Waals surface area contributed by atoms with E-state index in [1.807, 2.05) is 0 Å². The van der Waals surface area contributed by atoms with Crippen LogP contribution in [-0.2, 0) is 9.53 Å². The standard InChI is InChI=1S/C13H24N2O3/c1-2-14-6-3-4-11(5-7-14)15-8-9-18-10-12(15)13(16)17/h11-12H,2-10H2,1H3,(H,16,17). The van der Waals surface area contributed by atoms with Gasteiger partial charge in [-0.3, -0.25) is 9.69 Å². The van der Waals surface area contributed by atoms with Crippen LogP contribution in [0.2, 0.25) is 0 Å². The van der Waals surface area contributed by atoms with Crippen molar-refractivity contribution in [2.75, 3.05) is 39.4 Å². The molecule has 0 aromatic heterocycles. The molecule has 104 valence electrons. The molecule has 0 spiro atoms. The van der Waals surface area contributed by atoms with Gasteiger partial charge in [-0.15, -0.1) is 0 Å². The third-order valence-corrected chi connectivity index (χ3v) is 4.16. The van der Waals surface area contributed by atoms with Gasteiger partial charge in [0.15, 0.2) is 0 Å². The number of ether oxygens (including phenoxy) is 1. The quantitative estimate of drug-likeness (QED) is 0.803. The monoisotopic (exact) mass is 256 g/mol. The minimum Gasteiger partial charge on any atom is -0.480 e. The Morgan fingerprint density at radius 2 is 2.17 bits per heavy atom. The highest BCUT2D eigenvalue weighted by Crippen LogP contribution is 2.21. The van der Waals surface area contributed by atoms with E-state index in [9.17, 15) is 9.90 Å². The number of carbonyl (C=O) groups is 1. The number of aliphatic carboxylic acids is 1. The van der Waals surface area contributed by atoms with Crippen LogP contribution in [0.25, 0.3) is 0 Å². The molecule has 5 heteroatoms. The molecule has 0 saturated carbocycles. The van der Waals surface area contributed by atoms with Gasteiger partial charge in [0.05, 0.1) is 13.2 Å². The lowest BCUT2D eigenvalue weighted by atomic mass is 10.0. The smallest absolute Gasteiger partial charge is 0.323 e. The van der Waals surface area contributed by atoms with Crippen molar-refractivity contribution in [2.24, 2.45) is 0 Å². The summed E-state index contributed by atoms with van der Waals surface area (Å²) in [6.45, 7) is 7.28. The van der Waals surface area contributed by atoms with Crippen molar-refractivity contribution in [1.82, 2.24) is 9.80 Å². The molecule has 2 heterocycles. The average molecular weight is 256 g/mol. The first-order chi connectivity index (χ1) is 8.72. The van der Waals surface area contributed by atoms with Gasteiger partial charge in [-0.05, 0) is 38.9 Å². The fourth-order valence-corrected chi connectivity index (χ4v) is 3.05. The fraction of sp³-hybridized carbons (Fsp3) is 0.923. The van der Waals surface area contributed by atoms with Crippen LogP contribution in [-0.4, -0.2) is 72.4 Å². The van der Waals surface area contributed by atoms with Gasteiger partial charge in [0, 0.05) is 12.6 Å². The molecule has 2 atom stereocenters. The number of rotatable bonds is 3. The van der Waals surface area contributed by atoms with Crippen LogP contribution in [0, 0.1) is 0 Å². The van der Waals surface area contributed by atoms with Crippen LogP contribution in [0.1, 0.15) is 26.2 Å². The first-order valence-corrected chi connectivity index (χ1v) is 7.01. The molecular weight excluding hydrogens is 232 g/mol. The van der Waals surface area contributed by atoms with E-state index in [1.54, 1.807) is 0 Å². The molecule has 0 amide bonds. The summed E-state index contributed by atoms with van der Waals surface area (Å²) in [5, 5.41) is 9.28. The minimum atomic E-state index is -0.744. The largest absolute Gasteiger partial charge is 0.480 e. The summed E-state index contributed by atoms with van der Waals surface area (Å²) in [4.78, 5) is 15.9. The lowest BCUT2D eigenvalue weighted by molar-refractivity contribution is -0.151. The van der Waals surface area contributed by atoms with Crippen molar-refractivity contribution in [3.8, 4) is 0 Å². The normalized spacial score (nSPS) is 32.1.